The summed E-state index contributed by atoms with van der Waals surface area (Å²) in [5.74, 6) is 0.0374. The van der Waals surface area contributed by atoms with Crippen molar-refractivity contribution in [2.75, 3.05) is 24.6 Å². The first-order valence-corrected chi connectivity index (χ1v) is 11.6. The fourth-order valence-electron chi connectivity index (χ4n) is 4.68. The summed E-state index contributed by atoms with van der Waals surface area (Å²) in [7, 11) is 0. The van der Waals surface area contributed by atoms with Crippen LogP contribution < -0.4 is 9.64 Å². The molecule has 0 saturated carbocycles. The Morgan fingerprint density at radius 1 is 1.00 bits per heavy atom. The van der Waals surface area contributed by atoms with Crippen LogP contribution in [0.5, 0.6) is 5.75 Å². The van der Waals surface area contributed by atoms with Gasteiger partial charge in [0.2, 0.25) is 0 Å². The second-order valence-corrected chi connectivity index (χ2v) is 9.00. The van der Waals surface area contributed by atoms with Gasteiger partial charge in [0.05, 0.1) is 30.1 Å². The average molecular weight is 449 g/mol. The van der Waals surface area contributed by atoms with Crippen molar-refractivity contribution >= 4 is 23.1 Å². The van der Waals surface area contributed by atoms with Gasteiger partial charge in [0.25, 0.3) is 11.8 Å². The van der Waals surface area contributed by atoms with Gasteiger partial charge >= 0.3 is 0 Å². The van der Waals surface area contributed by atoms with Crippen molar-refractivity contribution in [3.8, 4) is 5.75 Å². The second kappa shape index (κ2) is 9.40. The van der Waals surface area contributed by atoms with Gasteiger partial charge in [0, 0.05) is 19.2 Å². The molecule has 0 aliphatic carbocycles. The summed E-state index contributed by atoms with van der Waals surface area (Å²) in [5.41, 5.74) is 4.31. The van der Waals surface area contributed by atoms with E-state index in [1.165, 1.54) is 4.90 Å². The molecular formula is C27H32N2O4. The van der Waals surface area contributed by atoms with Crippen LogP contribution in [0.1, 0.15) is 43.9 Å². The summed E-state index contributed by atoms with van der Waals surface area (Å²) in [4.78, 5) is 31.0. The van der Waals surface area contributed by atoms with Crippen LogP contribution in [0.25, 0.3) is 5.57 Å². The van der Waals surface area contributed by atoms with Gasteiger partial charge in [-0.1, -0.05) is 36.8 Å². The van der Waals surface area contributed by atoms with Crippen LogP contribution in [0, 0.1) is 13.8 Å². The van der Waals surface area contributed by atoms with Crippen LogP contribution in [0.4, 0.5) is 5.69 Å². The van der Waals surface area contributed by atoms with Gasteiger partial charge < -0.3 is 14.4 Å². The molecule has 174 valence electrons. The number of amides is 2. The van der Waals surface area contributed by atoms with Gasteiger partial charge in [0.15, 0.2) is 0 Å². The van der Waals surface area contributed by atoms with Crippen LogP contribution in [-0.2, 0) is 14.3 Å². The third-order valence-corrected chi connectivity index (χ3v) is 6.00. The first-order valence-electron chi connectivity index (χ1n) is 11.6. The minimum Gasteiger partial charge on any atom is -0.494 e. The smallest absolute Gasteiger partial charge is 0.282 e. The summed E-state index contributed by atoms with van der Waals surface area (Å²) < 4.78 is 11.6. The Balaban J connectivity index is 1.81. The normalized spacial score (nSPS) is 21.2. The van der Waals surface area contributed by atoms with Crippen molar-refractivity contribution in [3.63, 3.8) is 0 Å². The van der Waals surface area contributed by atoms with Gasteiger partial charge in [-0.2, -0.15) is 0 Å². The quantitative estimate of drug-likeness (QED) is 0.610. The molecule has 2 aliphatic rings. The molecule has 1 saturated heterocycles. The molecule has 2 unspecified atom stereocenters. The molecule has 33 heavy (non-hydrogen) atoms. The van der Waals surface area contributed by atoms with E-state index in [9.17, 15) is 9.59 Å². The molecule has 0 aromatic heterocycles. The number of carbonyl (C=O) groups excluding carboxylic acids is 2. The number of anilines is 1. The fourth-order valence-corrected chi connectivity index (χ4v) is 4.68. The lowest BCUT2D eigenvalue weighted by molar-refractivity contribution is -0.121. The molecule has 0 N–H and O–H groups in total. The number of imide groups is 1. The van der Waals surface area contributed by atoms with E-state index < -0.39 is 0 Å². The molecule has 2 amide bonds. The number of rotatable bonds is 6. The van der Waals surface area contributed by atoms with Gasteiger partial charge in [-0.3, -0.25) is 9.59 Å². The zero-order valence-electron chi connectivity index (χ0n) is 20.1. The Morgan fingerprint density at radius 2 is 1.73 bits per heavy atom. The van der Waals surface area contributed by atoms with Crippen molar-refractivity contribution in [2.24, 2.45) is 0 Å². The number of ether oxygens (including phenoxy) is 2. The molecule has 0 bridgehead atoms. The van der Waals surface area contributed by atoms with Crippen molar-refractivity contribution in [1.82, 2.24) is 4.90 Å². The number of aryl methyl sites for hydroxylation is 2. The highest BCUT2D eigenvalue weighted by atomic mass is 16.5. The van der Waals surface area contributed by atoms with Gasteiger partial charge in [0.1, 0.15) is 11.4 Å². The predicted octanol–water partition coefficient (Wildman–Crippen LogP) is 4.49. The topological polar surface area (TPSA) is 59.1 Å². The Kier molecular flexibility index (Phi) is 6.56. The summed E-state index contributed by atoms with van der Waals surface area (Å²) in [6.45, 7) is 11.7. The predicted molar refractivity (Wildman–Crippen MR) is 129 cm³/mol. The largest absolute Gasteiger partial charge is 0.494 e. The third kappa shape index (κ3) is 4.53. The molecule has 2 aromatic rings. The summed E-state index contributed by atoms with van der Waals surface area (Å²) in [6, 6.07) is 13.2. The Morgan fingerprint density at radius 3 is 2.39 bits per heavy atom. The monoisotopic (exact) mass is 448 g/mol. The summed E-state index contributed by atoms with van der Waals surface area (Å²) in [5, 5.41) is 0. The van der Waals surface area contributed by atoms with Crippen LogP contribution in [0.2, 0.25) is 0 Å². The maximum Gasteiger partial charge on any atom is 0.282 e. The summed E-state index contributed by atoms with van der Waals surface area (Å²) >= 11 is 0. The number of hydrogen-bond donors (Lipinski definition) is 0. The van der Waals surface area contributed by atoms with Crippen LogP contribution in [0.15, 0.2) is 48.2 Å². The fraction of sp³-hybridized carbons (Fsp3) is 0.407. The molecule has 0 radical (unpaired) electrons. The van der Waals surface area contributed by atoms with E-state index in [0.29, 0.717) is 42.4 Å². The third-order valence-electron chi connectivity index (χ3n) is 6.00. The van der Waals surface area contributed by atoms with Crippen molar-refractivity contribution in [2.45, 2.75) is 53.2 Å². The zero-order chi connectivity index (χ0) is 23.7. The maximum atomic E-state index is 13.8. The molecule has 0 spiro atoms. The van der Waals surface area contributed by atoms with Gasteiger partial charge in [-0.05, 0) is 57.4 Å². The summed E-state index contributed by atoms with van der Waals surface area (Å²) in [6.07, 6.45) is 0.801. The number of morpholine rings is 1. The van der Waals surface area contributed by atoms with Gasteiger partial charge in [-0.25, -0.2) is 4.90 Å². The lowest BCUT2D eigenvalue weighted by atomic mass is 9.97. The lowest BCUT2D eigenvalue weighted by Crippen LogP contribution is -2.47. The van der Waals surface area contributed by atoms with Crippen molar-refractivity contribution < 1.29 is 19.1 Å². The van der Waals surface area contributed by atoms with Crippen LogP contribution in [0.3, 0.4) is 0 Å². The SMILES string of the molecule is CCCOc1cccc(N2C(=O)C(c3ccc(C)cc3C)=C(N3CC(C)OC(C)C3)C2=O)c1. The molecule has 2 atom stereocenters. The minimum absolute atomic E-state index is 0.0376. The first kappa shape index (κ1) is 23.1. The molecule has 6 heteroatoms. The Hall–Kier alpha value is -3.12. The number of benzene rings is 2. The molecule has 2 heterocycles. The highest BCUT2D eigenvalue weighted by Crippen LogP contribution is 2.38. The zero-order valence-corrected chi connectivity index (χ0v) is 20.1. The second-order valence-electron chi connectivity index (χ2n) is 9.00. The highest BCUT2D eigenvalue weighted by Gasteiger charge is 2.44. The molecule has 6 nitrogen and oxygen atoms in total. The van der Waals surface area contributed by atoms with E-state index in [1.807, 2.05) is 69.9 Å². The van der Waals surface area contributed by atoms with E-state index >= 15 is 0 Å². The number of carbonyl (C=O) groups is 2. The van der Waals surface area contributed by atoms with E-state index in [0.717, 1.165) is 23.1 Å². The molecule has 2 aromatic carbocycles. The van der Waals surface area contributed by atoms with E-state index in [2.05, 4.69) is 0 Å². The average Bonchev–Trinajstić information content (AvgIpc) is 3.02. The van der Waals surface area contributed by atoms with E-state index in [-0.39, 0.29) is 24.0 Å². The van der Waals surface area contributed by atoms with Crippen LogP contribution >= 0.6 is 0 Å². The molecular weight excluding hydrogens is 416 g/mol. The first-order chi connectivity index (χ1) is 15.8. The lowest BCUT2D eigenvalue weighted by Gasteiger charge is -2.37. The molecule has 2 aliphatic heterocycles. The van der Waals surface area contributed by atoms with E-state index in [4.69, 9.17) is 9.47 Å². The van der Waals surface area contributed by atoms with Crippen molar-refractivity contribution in [3.05, 3.63) is 64.9 Å². The van der Waals surface area contributed by atoms with Crippen molar-refractivity contribution in [1.29, 1.82) is 0 Å². The minimum atomic E-state index is -0.304. The Labute approximate surface area is 195 Å². The highest BCUT2D eigenvalue weighted by molar-refractivity contribution is 6.45. The number of hydrogen-bond acceptors (Lipinski definition) is 5. The molecule has 1 fully saturated rings. The standard InChI is InChI=1S/C27H32N2O4/c1-6-12-32-22-9-7-8-21(14-22)29-26(30)24(23-11-10-17(2)13-18(23)3)25(27(29)31)28-15-19(4)33-20(5)16-28/h7-11,13-14,19-20H,6,12,15-16H2,1-5H3. The van der Waals surface area contributed by atoms with E-state index in [1.54, 1.807) is 12.1 Å². The van der Waals surface area contributed by atoms with Gasteiger partial charge in [-0.15, -0.1) is 0 Å². The maximum absolute atomic E-state index is 13.8. The van der Waals surface area contributed by atoms with Crippen LogP contribution in [-0.4, -0.2) is 48.6 Å². The Bertz CT molecular complexity index is 1100. The number of nitrogens with zero attached hydrogens (tertiary/aromatic N) is 2. The molecule has 4 rings (SSSR count).